The number of amides is 1. The van der Waals surface area contributed by atoms with Crippen LogP contribution in [-0.4, -0.2) is 40.9 Å². The predicted octanol–water partition coefficient (Wildman–Crippen LogP) is 4.38. The molecule has 134 valence electrons. The summed E-state index contributed by atoms with van der Waals surface area (Å²) in [6, 6.07) is 7.85. The van der Waals surface area contributed by atoms with Crippen LogP contribution in [-0.2, 0) is 10.2 Å². The van der Waals surface area contributed by atoms with Crippen molar-refractivity contribution >= 4 is 17.7 Å². The summed E-state index contributed by atoms with van der Waals surface area (Å²) in [5, 5.41) is 10.7. The molecule has 1 saturated heterocycles. The summed E-state index contributed by atoms with van der Waals surface area (Å²) in [7, 11) is 0. The van der Waals surface area contributed by atoms with E-state index in [1.165, 1.54) is 5.56 Å². The van der Waals surface area contributed by atoms with Crippen LogP contribution in [0.4, 0.5) is 4.79 Å². The Labute approximate surface area is 149 Å². The van der Waals surface area contributed by atoms with Crippen LogP contribution in [0.5, 0.6) is 0 Å². The Balaban J connectivity index is 2.13. The first-order chi connectivity index (χ1) is 11.1. The molecule has 1 atom stereocenters. The van der Waals surface area contributed by atoms with Crippen molar-refractivity contribution in [2.24, 2.45) is 0 Å². The number of aliphatic hydroxyl groups is 1. The van der Waals surface area contributed by atoms with Gasteiger partial charge in [-0.05, 0) is 64.7 Å². The molecule has 0 spiro atoms. The number of piperidine rings is 1. The predicted molar refractivity (Wildman–Crippen MR) is 96.5 cm³/mol. The number of benzene rings is 1. The molecule has 0 saturated carbocycles. The van der Waals surface area contributed by atoms with Crippen molar-refractivity contribution in [1.29, 1.82) is 0 Å². The molecule has 1 aliphatic heterocycles. The van der Waals surface area contributed by atoms with Crippen LogP contribution in [0.3, 0.4) is 0 Å². The summed E-state index contributed by atoms with van der Waals surface area (Å²) in [5.41, 5.74) is 0.565. The minimum Gasteiger partial charge on any atom is -0.444 e. The van der Waals surface area contributed by atoms with E-state index in [0.29, 0.717) is 24.5 Å². The van der Waals surface area contributed by atoms with Gasteiger partial charge in [0.15, 0.2) is 0 Å². The molecule has 1 aliphatic rings. The molecule has 5 heteroatoms. The smallest absolute Gasteiger partial charge is 0.410 e. The number of carbonyl (C=O) groups is 1. The minimum absolute atomic E-state index is 0.128. The lowest BCUT2D eigenvalue weighted by molar-refractivity contribution is 0.0133. The van der Waals surface area contributed by atoms with Gasteiger partial charge in [0.25, 0.3) is 0 Å². The number of halogens is 1. The van der Waals surface area contributed by atoms with Gasteiger partial charge in [0.1, 0.15) is 5.60 Å². The first kappa shape index (κ1) is 19.1. The van der Waals surface area contributed by atoms with Gasteiger partial charge in [0, 0.05) is 23.5 Å². The quantitative estimate of drug-likeness (QED) is 0.877. The lowest BCUT2D eigenvalue weighted by Gasteiger charge is -2.43. The third-order valence-corrected chi connectivity index (χ3v) is 4.77. The summed E-state index contributed by atoms with van der Waals surface area (Å²) in [6.07, 6.45) is 1.63. The first-order valence-electron chi connectivity index (χ1n) is 8.53. The van der Waals surface area contributed by atoms with Crippen LogP contribution in [0.2, 0.25) is 5.02 Å². The number of nitrogens with zero attached hydrogens (tertiary/aromatic N) is 1. The molecular formula is C19H28ClNO3. The molecule has 1 heterocycles. The third kappa shape index (κ3) is 4.87. The van der Waals surface area contributed by atoms with Crippen molar-refractivity contribution in [3.8, 4) is 0 Å². The standard InChI is InChI=1S/C19H28ClNO3/c1-14(22)13-19(15-5-7-16(20)8-6-15)9-11-21(12-10-19)17(23)24-18(2,3)4/h5-8,14,22H,9-13H2,1-4H3. The van der Waals surface area contributed by atoms with E-state index < -0.39 is 11.7 Å². The fraction of sp³-hybridized carbons (Fsp3) is 0.632. The summed E-state index contributed by atoms with van der Waals surface area (Å²) < 4.78 is 5.47. The zero-order valence-electron chi connectivity index (χ0n) is 15.0. The number of ether oxygens (including phenoxy) is 1. The molecule has 1 N–H and O–H groups in total. The van der Waals surface area contributed by atoms with Crippen LogP contribution >= 0.6 is 11.6 Å². The lowest BCUT2D eigenvalue weighted by Crippen LogP contribution is -2.47. The van der Waals surface area contributed by atoms with Gasteiger partial charge in [-0.3, -0.25) is 0 Å². The Bertz CT molecular complexity index is 555. The fourth-order valence-electron chi connectivity index (χ4n) is 3.42. The van der Waals surface area contributed by atoms with E-state index in [-0.39, 0.29) is 11.5 Å². The molecule has 0 bridgehead atoms. The van der Waals surface area contributed by atoms with Gasteiger partial charge in [-0.2, -0.15) is 0 Å². The number of hydrogen-bond donors (Lipinski definition) is 1. The number of aliphatic hydroxyl groups excluding tert-OH is 1. The zero-order chi connectivity index (χ0) is 18.0. The topological polar surface area (TPSA) is 49.8 Å². The number of carbonyl (C=O) groups excluding carboxylic acids is 1. The van der Waals surface area contributed by atoms with Gasteiger partial charge in [-0.25, -0.2) is 4.79 Å². The summed E-state index contributed by atoms with van der Waals surface area (Å²) in [6.45, 7) is 8.70. The van der Waals surface area contributed by atoms with Crippen molar-refractivity contribution in [3.63, 3.8) is 0 Å². The van der Waals surface area contributed by atoms with E-state index in [1.807, 2.05) is 52.0 Å². The van der Waals surface area contributed by atoms with Gasteiger partial charge >= 0.3 is 6.09 Å². The third-order valence-electron chi connectivity index (χ3n) is 4.51. The van der Waals surface area contributed by atoms with Crippen molar-refractivity contribution < 1.29 is 14.6 Å². The van der Waals surface area contributed by atoms with Gasteiger partial charge in [0.05, 0.1) is 6.10 Å². The highest BCUT2D eigenvalue weighted by Gasteiger charge is 2.39. The van der Waals surface area contributed by atoms with E-state index in [9.17, 15) is 9.90 Å². The molecule has 0 radical (unpaired) electrons. The van der Waals surface area contributed by atoms with Crippen molar-refractivity contribution in [1.82, 2.24) is 4.90 Å². The van der Waals surface area contributed by atoms with Gasteiger partial charge in [-0.1, -0.05) is 23.7 Å². The normalized spacial score (nSPS) is 19.0. The molecule has 1 fully saturated rings. The Hall–Kier alpha value is -1.26. The van der Waals surface area contributed by atoms with E-state index in [0.717, 1.165) is 12.8 Å². The first-order valence-corrected chi connectivity index (χ1v) is 8.91. The molecule has 4 nitrogen and oxygen atoms in total. The summed E-state index contributed by atoms with van der Waals surface area (Å²) in [5.74, 6) is 0. The van der Waals surface area contributed by atoms with Crippen LogP contribution in [0.25, 0.3) is 0 Å². The van der Waals surface area contributed by atoms with Crippen LogP contribution < -0.4 is 0 Å². The fourth-order valence-corrected chi connectivity index (χ4v) is 3.55. The molecule has 24 heavy (non-hydrogen) atoms. The second-order valence-corrected chi connectivity index (χ2v) is 8.24. The maximum absolute atomic E-state index is 12.3. The largest absolute Gasteiger partial charge is 0.444 e. The van der Waals surface area contributed by atoms with E-state index >= 15 is 0 Å². The highest BCUT2D eigenvalue weighted by atomic mass is 35.5. The Morgan fingerprint density at radius 2 is 1.83 bits per heavy atom. The second-order valence-electron chi connectivity index (χ2n) is 7.81. The number of likely N-dealkylation sites (tertiary alicyclic amines) is 1. The highest BCUT2D eigenvalue weighted by molar-refractivity contribution is 6.30. The van der Waals surface area contributed by atoms with Gasteiger partial charge in [-0.15, -0.1) is 0 Å². The molecule has 1 unspecified atom stereocenters. The monoisotopic (exact) mass is 353 g/mol. The van der Waals surface area contributed by atoms with E-state index in [1.54, 1.807) is 4.90 Å². The number of hydrogen-bond acceptors (Lipinski definition) is 3. The summed E-state index contributed by atoms with van der Waals surface area (Å²) >= 11 is 6.01. The SMILES string of the molecule is CC(O)CC1(c2ccc(Cl)cc2)CCN(C(=O)OC(C)(C)C)CC1. The molecule has 2 rings (SSSR count). The molecule has 1 amide bonds. The average molecular weight is 354 g/mol. The molecule has 1 aromatic rings. The molecular weight excluding hydrogens is 326 g/mol. The van der Waals surface area contributed by atoms with Crippen molar-refractivity contribution in [2.45, 2.75) is 64.1 Å². The van der Waals surface area contributed by atoms with Crippen LogP contribution in [0, 0.1) is 0 Å². The Morgan fingerprint density at radius 3 is 2.29 bits per heavy atom. The van der Waals surface area contributed by atoms with Crippen LogP contribution in [0.15, 0.2) is 24.3 Å². The van der Waals surface area contributed by atoms with E-state index in [4.69, 9.17) is 16.3 Å². The zero-order valence-corrected chi connectivity index (χ0v) is 15.8. The molecule has 0 aliphatic carbocycles. The second kappa shape index (κ2) is 7.32. The molecule has 1 aromatic carbocycles. The highest BCUT2D eigenvalue weighted by Crippen LogP contribution is 2.40. The average Bonchev–Trinajstić information content (AvgIpc) is 2.46. The minimum atomic E-state index is -0.485. The Morgan fingerprint density at radius 1 is 1.29 bits per heavy atom. The Kier molecular flexibility index (Phi) is 5.82. The van der Waals surface area contributed by atoms with E-state index in [2.05, 4.69) is 0 Å². The van der Waals surface area contributed by atoms with Crippen molar-refractivity contribution in [2.75, 3.05) is 13.1 Å². The van der Waals surface area contributed by atoms with Crippen LogP contribution in [0.1, 0.15) is 52.5 Å². The van der Waals surface area contributed by atoms with Gasteiger partial charge < -0.3 is 14.7 Å². The maximum Gasteiger partial charge on any atom is 0.410 e. The number of rotatable bonds is 3. The molecule has 0 aromatic heterocycles. The lowest BCUT2D eigenvalue weighted by atomic mass is 9.69. The van der Waals surface area contributed by atoms with Crippen molar-refractivity contribution in [3.05, 3.63) is 34.9 Å². The maximum atomic E-state index is 12.3. The van der Waals surface area contributed by atoms with Gasteiger partial charge in [0.2, 0.25) is 0 Å². The summed E-state index contributed by atoms with van der Waals surface area (Å²) in [4.78, 5) is 14.0.